The molecule has 1 atom stereocenters. The molecule has 0 radical (unpaired) electrons. The van der Waals surface area contributed by atoms with Gasteiger partial charge in [0.1, 0.15) is 12.0 Å². The highest BCUT2D eigenvalue weighted by atomic mass is 16.3. The number of hydrogen-bond acceptors (Lipinski definition) is 4. The second kappa shape index (κ2) is 6.73. The molecular weight excluding hydrogens is 242 g/mol. The number of likely N-dealkylation sites (tertiary alicyclic amines) is 1. The van der Waals surface area contributed by atoms with E-state index in [0.717, 1.165) is 25.6 Å². The molecule has 2 rings (SSSR count). The van der Waals surface area contributed by atoms with E-state index >= 15 is 0 Å². The smallest absolute Gasteiger partial charge is 0.254 e. The van der Waals surface area contributed by atoms with Gasteiger partial charge in [0.05, 0.1) is 12.1 Å². The van der Waals surface area contributed by atoms with Crippen molar-refractivity contribution >= 4 is 5.91 Å². The molecule has 0 aromatic carbocycles. The lowest BCUT2D eigenvalue weighted by Gasteiger charge is -2.30. The minimum atomic E-state index is -0.0893. The van der Waals surface area contributed by atoms with Crippen LogP contribution in [0.25, 0.3) is 0 Å². The van der Waals surface area contributed by atoms with E-state index in [4.69, 9.17) is 10.2 Å². The first kappa shape index (κ1) is 14.1. The zero-order chi connectivity index (χ0) is 13.7. The highest BCUT2D eigenvalue weighted by molar-refractivity contribution is 5.93. The van der Waals surface area contributed by atoms with Crippen molar-refractivity contribution in [3.8, 4) is 0 Å². The zero-order valence-electron chi connectivity index (χ0n) is 11.5. The van der Waals surface area contributed by atoms with Crippen molar-refractivity contribution in [1.82, 2.24) is 10.2 Å². The average Bonchev–Trinajstić information content (AvgIpc) is 2.87. The Morgan fingerprint density at radius 1 is 1.63 bits per heavy atom. The summed E-state index contributed by atoms with van der Waals surface area (Å²) >= 11 is 0. The van der Waals surface area contributed by atoms with Crippen LogP contribution in [0.1, 0.15) is 35.9 Å². The van der Waals surface area contributed by atoms with Gasteiger partial charge in [-0.05, 0) is 31.4 Å². The molecule has 5 heteroatoms. The van der Waals surface area contributed by atoms with Crippen LogP contribution in [0, 0.1) is 5.92 Å². The van der Waals surface area contributed by atoms with E-state index in [1.54, 1.807) is 6.07 Å². The van der Waals surface area contributed by atoms with Crippen molar-refractivity contribution in [2.75, 3.05) is 26.2 Å². The molecule has 1 amide bonds. The second-order valence-electron chi connectivity index (χ2n) is 5.31. The maximum atomic E-state index is 11.8. The highest BCUT2D eigenvalue weighted by Gasteiger charge is 2.16. The van der Waals surface area contributed by atoms with E-state index in [-0.39, 0.29) is 5.91 Å². The van der Waals surface area contributed by atoms with Gasteiger partial charge in [-0.2, -0.15) is 0 Å². The van der Waals surface area contributed by atoms with E-state index in [1.807, 2.05) is 0 Å². The summed E-state index contributed by atoms with van der Waals surface area (Å²) in [6.07, 6.45) is 4.04. The van der Waals surface area contributed by atoms with Crippen LogP contribution in [-0.2, 0) is 6.54 Å². The third-order valence-electron chi connectivity index (χ3n) is 3.57. The van der Waals surface area contributed by atoms with Crippen LogP contribution in [-0.4, -0.2) is 37.0 Å². The van der Waals surface area contributed by atoms with Crippen LogP contribution < -0.4 is 11.1 Å². The molecule has 3 N–H and O–H groups in total. The van der Waals surface area contributed by atoms with E-state index < -0.39 is 0 Å². The Hall–Kier alpha value is -1.33. The van der Waals surface area contributed by atoms with Gasteiger partial charge in [-0.15, -0.1) is 0 Å². The van der Waals surface area contributed by atoms with Gasteiger partial charge in [-0.1, -0.05) is 6.92 Å². The molecule has 0 spiro atoms. The van der Waals surface area contributed by atoms with E-state index in [1.165, 1.54) is 19.1 Å². The Morgan fingerprint density at radius 3 is 3.16 bits per heavy atom. The van der Waals surface area contributed by atoms with Crippen LogP contribution >= 0.6 is 0 Å². The Kier molecular flexibility index (Phi) is 4.99. The van der Waals surface area contributed by atoms with Gasteiger partial charge in [-0.25, -0.2) is 0 Å². The van der Waals surface area contributed by atoms with Gasteiger partial charge < -0.3 is 20.4 Å². The molecule has 0 aliphatic carbocycles. The van der Waals surface area contributed by atoms with Crippen molar-refractivity contribution in [3.63, 3.8) is 0 Å². The number of nitrogens with two attached hydrogens (primary N) is 1. The van der Waals surface area contributed by atoms with Crippen LogP contribution in [0.4, 0.5) is 0 Å². The molecular formula is C14H23N3O2. The van der Waals surface area contributed by atoms with Gasteiger partial charge in [0.2, 0.25) is 0 Å². The van der Waals surface area contributed by atoms with Crippen molar-refractivity contribution in [2.45, 2.75) is 26.3 Å². The van der Waals surface area contributed by atoms with E-state index in [9.17, 15) is 4.79 Å². The molecule has 1 aromatic heterocycles. The lowest BCUT2D eigenvalue weighted by molar-refractivity contribution is 0.0943. The molecule has 106 valence electrons. The number of carbonyl (C=O) groups excluding carboxylic acids is 1. The molecule has 0 bridgehead atoms. The third-order valence-corrected chi connectivity index (χ3v) is 3.57. The lowest BCUT2D eigenvalue weighted by atomic mass is 10.0. The summed E-state index contributed by atoms with van der Waals surface area (Å²) in [6.45, 7) is 6.47. The summed E-state index contributed by atoms with van der Waals surface area (Å²) < 4.78 is 5.15. The fourth-order valence-electron chi connectivity index (χ4n) is 2.53. The summed E-state index contributed by atoms with van der Waals surface area (Å²) in [6, 6.07) is 1.69. The van der Waals surface area contributed by atoms with Crippen molar-refractivity contribution in [1.29, 1.82) is 0 Å². The fraction of sp³-hybridized carbons (Fsp3) is 0.643. The molecule has 5 nitrogen and oxygen atoms in total. The van der Waals surface area contributed by atoms with Gasteiger partial charge in [-0.3, -0.25) is 4.79 Å². The lowest BCUT2D eigenvalue weighted by Crippen LogP contribution is -2.40. The fourth-order valence-corrected chi connectivity index (χ4v) is 2.53. The first-order chi connectivity index (χ1) is 9.19. The Balaban J connectivity index is 1.71. The maximum Gasteiger partial charge on any atom is 0.254 e. The van der Waals surface area contributed by atoms with Crippen LogP contribution in [0.5, 0.6) is 0 Å². The quantitative estimate of drug-likeness (QED) is 0.839. The molecule has 19 heavy (non-hydrogen) atoms. The Morgan fingerprint density at radius 2 is 2.47 bits per heavy atom. The maximum absolute atomic E-state index is 11.8. The molecule has 2 heterocycles. The summed E-state index contributed by atoms with van der Waals surface area (Å²) in [4.78, 5) is 14.3. The molecule has 1 aromatic rings. The average molecular weight is 265 g/mol. The minimum Gasteiger partial charge on any atom is -0.467 e. The van der Waals surface area contributed by atoms with Crippen LogP contribution in [0.3, 0.4) is 0 Å². The first-order valence-electron chi connectivity index (χ1n) is 6.97. The predicted octanol–water partition coefficient (Wildman–Crippen LogP) is 1.20. The van der Waals surface area contributed by atoms with Crippen LogP contribution in [0.15, 0.2) is 16.7 Å². The molecule has 1 unspecified atom stereocenters. The van der Waals surface area contributed by atoms with E-state index in [0.29, 0.717) is 24.4 Å². The van der Waals surface area contributed by atoms with Crippen molar-refractivity contribution in [3.05, 3.63) is 23.7 Å². The number of hydrogen-bond donors (Lipinski definition) is 2. The minimum absolute atomic E-state index is 0.0893. The number of rotatable bonds is 5. The number of furan rings is 1. The first-order valence-corrected chi connectivity index (χ1v) is 6.97. The number of piperidine rings is 1. The second-order valence-corrected chi connectivity index (χ2v) is 5.31. The van der Waals surface area contributed by atoms with Gasteiger partial charge in [0, 0.05) is 19.6 Å². The summed E-state index contributed by atoms with van der Waals surface area (Å²) in [5.74, 6) is 1.31. The molecule has 1 saturated heterocycles. The van der Waals surface area contributed by atoms with Crippen molar-refractivity contribution < 1.29 is 9.21 Å². The predicted molar refractivity (Wildman–Crippen MR) is 73.8 cm³/mol. The molecule has 1 fully saturated rings. The van der Waals surface area contributed by atoms with Crippen LogP contribution in [0.2, 0.25) is 0 Å². The number of carbonyl (C=O) groups is 1. The molecule has 1 aliphatic rings. The molecule has 1 aliphatic heterocycles. The highest BCUT2D eigenvalue weighted by Crippen LogP contribution is 2.14. The monoisotopic (exact) mass is 265 g/mol. The van der Waals surface area contributed by atoms with Gasteiger partial charge >= 0.3 is 0 Å². The Labute approximate surface area is 114 Å². The third kappa shape index (κ3) is 4.08. The number of nitrogens with one attached hydrogen (secondary N) is 1. The largest absolute Gasteiger partial charge is 0.467 e. The van der Waals surface area contributed by atoms with E-state index in [2.05, 4.69) is 17.1 Å². The standard InChI is InChI=1S/C14H23N3O2/c1-11-3-2-5-17(9-11)6-4-16-14(18)12-7-13(8-15)19-10-12/h7,10-11H,2-6,8-9,15H2,1H3,(H,16,18). The number of nitrogens with zero attached hydrogens (tertiary/aromatic N) is 1. The molecule has 0 saturated carbocycles. The van der Waals surface area contributed by atoms with Gasteiger partial charge in [0.25, 0.3) is 5.91 Å². The number of amides is 1. The topological polar surface area (TPSA) is 71.5 Å². The zero-order valence-corrected chi connectivity index (χ0v) is 11.5. The summed E-state index contributed by atoms with van der Waals surface area (Å²) in [7, 11) is 0. The normalized spacial score (nSPS) is 20.4. The van der Waals surface area contributed by atoms with Crippen molar-refractivity contribution in [2.24, 2.45) is 11.7 Å². The summed E-state index contributed by atoms with van der Waals surface area (Å²) in [5, 5.41) is 2.92. The summed E-state index contributed by atoms with van der Waals surface area (Å²) in [5.41, 5.74) is 5.99. The van der Waals surface area contributed by atoms with Gasteiger partial charge in [0.15, 0.2) is 0 Å². The Bertz CT molecular complexity index is 417. The SMILES string of the molecule is CC1CCCN(CCNC(=O)c2coc(CN)c2)C1.